The number of hydrogen-bond acceptors (Lipinski definition) is 1. The summed E-state index contributed by atoms with van der Waals surface area (Å²) in [6.45, 7) is 4.44. The first-order valence-electron chi connectivity index (χ1n) is 15.7. The molecule has 2 unspecified atom stereocenters. The molecule has 1 aliphatic rings. The highest BCUT2D eigenvalue weighted by atomic mass is 19.2. The van der Waals surface area contributed by atoms with Crippen molar-refractivity contribution < 1.29 is 13.5 Å². The Morgan fingerprint density at radius 2 is 1.07 bits per heavy atom. The lowest BCUT2D eigenvalue weighted by Gasteiger charge is -2.36. The number of halogens is 2. The van der Waals surface area contributed by atoms with Gasteiger partial charge in [0.05, 0.1) is 0 Å². The molecule has 218 valence electrons. The predicted octanol–water partition coefficient (Wildman–Crippen LogP) is 11.7. The molecule has 0 aliphatic heterocycles. The first kappa shape index (κ1) is 30.9. The van der Waals surface area contributed by atoms with Gasteiger partial charge in [-0.3, -0.25) is 0 Å². The van der Waals surface area contributed by atoms with Crippen LogP contribution in [0.5, 0.6) is 0 Å². The SMILES string of the molecule is CCCCCCCCCCCCC1(OCC)C=CC(c2ccc(-c3ccc(-c4ccccc4)cc3)cc2)=C(F)C1F. The normalized spacial score (nSPS) is 18.7. The first-order valence-corrected chi connectivity index (χ1v) is 15.7. The third-order valence-electron chi connectivity index (χ3n) is 8.30. The fraction of sp³-hybridized carbons (Fsp3) is 0.421. The van der Waals surface area contributed by atoms with E-state index < -0.39 is 17.6 Å². The van der Waals surface area contributed by atoms with Gasteiger partial charge in [0.1, 0.15) is 11.4 Å². The molecule has 3 aromatic carbocycles. The number of rotatable bonds is 16. The minimum Gasteiger partial charge on any atom is -0.368 e. The van der Waals surface area contributed by atoms with Gasteiger partial charge in [0, 0.05) is 12.2 Å². The van der Waals surface area contributed by atoms with Gasteiger partial charge in [0.25, 0.3) is 0 Å². The fourth-order valence-corrected chi connectivity index (χ4v) is 5.86. The summed E-state index contributed by atoms with van der Waals surface area (Å²) in [5, 5.41) is 0. The molecule has 1 nitrogen and oxygen atoms in total. The minimum absolute atomic E-state index is 0.307. The van der Waals surface area contributed by atoms with Crippen LogP contribution in [0.2, 0.25) is 0 Å². The molecule has 0 radical (unpaired) electrons. The van der Waals surface area contributed by atoms with E-state index in [1.54, 1.807) is 12.2 Å². The average Bonchev–Trinajstić information content (AvgIpc) is 3.02. The molecule has 0 spiro atoms. The van der Waals surface area contributed by atoms with E-state index in [1.807, 2.05) is 49.4 Å². The maximum absolute atomic E-state index is 15.7. The topological polar surface area (TPSA) is 9.23 Å². The predicted molar refractivity (Wildman–Crippen MR) is 170 cm³/mol. The third kappa shape index (κ3) is 8.26. The molecule has 0 amide bonds. The highest BCUT2D eigenvalue weighted by Crippen LogP contribution is 2.41. The number of hydrogen-bond donors (Lipinski definition) is 0. The maximum Gasteiger partial charge on any atom is 0.184 e. The van der Waals surface area contributed by atoms with Crippen molar-refractivity contribution in [2.45, 2.75) is 96.2 Å². The molecule has 0 bridgehead atoms. The van der Waals surface area contributed by atoms with E-state index in [4.69, 9.17) is 4.74 Å². The van der Waals surface area contributed by atoms with Crippen molar-refractivity contribution in [2.24, 2.45) is 0 Å². The van der Waals surface area contributed by atoms with Crippen molar-refractivity contribution in [1.29, 1.82) is 0 Å². The summed E-state index contributed by atoms with van der Waals surface area (Å²) >= 11 is 0. The number of alkyl halides is 1. The fourth-order valence-electron chi connectivity index (χ4n) is 5.86. The van der Waals surface area contributed by atoms with E-state index in [0.717, 1.165) is 36.0 Å². The van der Waals surface area contributed by atoms with Crippen LogP contribution in [0.15, 0.2) is 96.8 Å². The average molecular weight is 557 g/mol. The van der Waals surface area contributed by atoms with Crippen LogP contribution >= 0.6 is 0 Å². The Kier molecular flexibility index (Phi) is 11.9. The number of unbranched alkanes of at least 4 members (excludes halogenated alkanes) is 9. The summed E-state index contributed by atoms with van der Waals surface area (Å²) in [7, 11) is 0. The highest BCUT2D eigenvalue weighted by Gasteiger charge is 2.43. The molecule has 0 aromatic heterocycles. The Hall–Kier alpha value is -3.04. The van der Waals surface area contributed by atoms with Crippen LogP contribution in [0, 0.1) is 0 Å². The zero-order valence-corrected chi connectivity index (χ0v) is 24.9. The molecular weight excluding hydrogens is 510 g/mol. The van der Waals surface area contributed by atoms with Crippen LogP contribution in [-0.2, 0) is 4.74 Å². The van der Waals surface area contributed by atoms with Gasteiger partial charge in [0.15, 0.2) is 6.17 Å². The molecule has 0 fully saturated rings. The van der Waals surface area contributed by atoms with Gasteiger partial charge in [-0.2, -0.15) is 0 Å². The van der Waals surface area contributed by atoms with E-state index in [0.29, 0.717) is 24.2 Å². The van der Waals surface area contributed by atoms with Crippen molar-refractivity contribution in [3.8, 4) is 22.3 Å². The Bertz CT molecular complexity index is 1240. The van der Waals surface area contributed by atoms with E-state index in [-0.39, 0.29) is 0 Å². The van der Waals surface area contributed by atoms with Crippen molar-refractivity contribution in [3.05, 3.63) is 102 Å². The van der Waals surface area contributed by atoms with Gasteiger partial charge >= 0.3 is 0 Å². The van der Waals surface area contributed by atoms with Crippen LogP contribution in [0.4, 0.5) is 8.78 Å². The van der Waals surface area contributed by atoms with E-state index in [2.05, 4.69) is 43.3 Å². The van der Waals surface area contributed by atoms with Gasteiger partial charge in [-0.25, -0.2) is 8.78 Å². The summed E-state index contributed by atoms with van der Waals surface area (Å²) in [4.78, 5) is 0. The lowest BCUT2D eigenvalue weighted by Crippen LogP contribution is -2.43. The summed E-state index contributed by atoms with van der Waals surface area (Å²) < 4.78 is 37.2. The summed E-state index contributed by atoms with van der Waals surface area (Å²) in [5.41, 5.74) is 4.23. The molecule has 41 heavy (non-hydrogen) atoms. The van der Waals surface area contributed by atoms with E-state index in [1.165, 1.54) is 50.5 Å². The second kappa shape index (κ2) is 15.8. The van der Waals surface area contributed by atoms with Gasteiger partial charge < -0.3 is 4.74 Å². The zero-order valence-electron chi connectivity index (χ0n) is 24.9. The van der Waals surface area contributed by atoms with Crippen molar-refractivity contribution in [3.63, 3.8) is 0 Å². The third-order valence-corrected chi connectivity index (χ3v) is 8.30. The zero-order chi connectivity index (χ0) is 28.9. The second-order valence-corrected chi connectivity index (χ2v) is 11.3. The Morgan fingerprint density at radius 1 is 0.610 bits per heavy atom. The molecule has 1 aliphatic carbocycles. The lowest BCUT2D eigenvalue weighted by molar-refractivity contribution is -0.0586. The van der Waals surface area contributed by atoms with E-state index >= 15 is 8.78 Å². The Labute approximate surface area is 246 Å². The van der Waals surface area contributed by atoms with Crippen LogP contribution in [0.25, 0.3) is 27.8 Å². The molecule has 2 atom stereocenters. The van der Waals surface area contributed by atoms with Gasteiger partial charge in [-0.1, -0.05) is 156 Å². The molecule has 3 heteroatoms. The molecule has 0 saturated carbocycles. The van der Waals surface area contributed by atoms with E-state index in [9.17, 15) is 0 Å². The van der Waals surface area contributed by atoms with Crippen molar-refractivity contribution in [1.82, 2.24) is 0 Å². The van der Waals surface area contributed by atoms with Gasteiger partial charge in [-0.05, 0) is 47.2 Å². The largest absolute Gasteiger partial charge is 0.368 e. The van der Waals surface area contributed by atoms with Gasteiger partial charge in [-0.15, -0.1) is 0 Å². The van der Waals surface area contributed by atoms with Crippen molar-refractivity contribution >= 4 is 5.57 Å². The molecular formula is C38H46F2O. The highest BCUT2D eigenvalue weighted by molar-refractivity contribution is 5.80. The second-order valence-electron chi connectivity index (χ2n) is 11.3. The maximum atomic E-state index is 15.7. The molecule has 3 aromatic rings. The number of allylic oxidation sites excluding steroid dienone is 2. The number of ether oxygens (including phenoxy) is 1. The number of benzene rings is 3. The molecule has 4 rings (SSSR count). The minimum atomic E-state index is -1.80. The Balaban J connectivity index is 1.34. The quantitative estimate of drug-likeness (QED) is 0.159. The smallest absolute Gasteiger partial charge is 0.184 e. The summed E-state index contributed by atoms with van der Waals surface area (Å²) in [6.07, 6.45) is 14.2. The Morgan fingerprint density at radius 3 is 1.59 bits per heavy atom. The summed E-state index contributed by atoms with van der Waals surface area (Å²) in [6, 6.07) is 26.4. The van der Waals surface area contributed by atoms with Gasteiger partial charge in [0.2, 0.25) is 0 Å². The standard InChI is InChI=1S/C38H46F2O/c1-3-5-6-7-8-9-10-11-12-16-28-38(41-4-2)29-27-35(36(39)37(38)40)34-25-23-33(24-26-34)32-21-19-31(20-22-32)30-17-14-13-15-18-30/h13-15,17-27,29,37H,3-12,16,28H2,1-2H3. The molecule has 0 saturated heterocycles. The monoisotopic (exact) mass is 556 g/mol. The molecule has 0 heterocycles. The lowest BCUT2D eigenvalue weighted by atomic mass is 9.82. The van der Waals surface area contributed by atoms with Crippen LogP contribution in [0.1, 0.15) is 90.0 Å². The summed E-state index contributed by atoms with van der Waals surface area (Å²) in [5.74, 6) is -0.729. The first-order chi connectivity index (χ1) is 20.1. The van der Waals surface area contributed by atoms with Crippen LogP contribution < -0.4 is 0 Å². The molecule has 0 N–H and O–H groups in total. The van der Waals surface area contributed by atoms with Crippen LogP contribution in [-0.4, -0.2) is 18.4 Å². The van der Waals surface area contributed by atoms with Crippen molar-refractivity contribution in [2.75, 3.05) is 6.61 Å². The van der Waals surface area contributed by atoms with Crippen LogP contribution in [0.3, 0.4) is 0 Å².